The minimum atomic E-state index is 0.515. The first kappa shape index (κ1) is 19.0. The summed E-state index contributed by atoms with van der Waals surface area (Å²) in [5.41, 5.74) is 1.58. The highest BCUT2D eigenvalue weighted by Crippen LogP contribution is 2.28. The number of benzene rings is 1. The molecule has 1 aromatic carbocycles. The fourth-order valence-electron chi connectivity index (χ4n) is 2.15. The molecule has 0 fully saturated rings. The van der Waals surface area contributed by atoms with Crippen LogP contribution < -0.4 is 16.0 Å². The molecule has 0 atom stereocenters. The number of rotatable bonds is 8. The summed E-state index contributed by atoms with van der Waals surface area (Å²) in [6, 6.07) is 7.13. The molecule has 132 valence electrons. The van der Waals surface area contributed by atoms with Crippen molar-refractivity contribution in [1.29, 1.82) is 5.41 Å². The maximum Gasteiger partial charge on any atom is 0.163 e. The smallest absolute Gasteiger partial charge is 0.163 e. The lowest BCUT2D eigenvalue weighted by Gasteiger charge is -2.12. The number of nitrogens with zero attached hydrogens (tertiary/aromatic N) is 2. The van der Waals surface area contributed by atoms with E-state index in [1.54, 1.807) is 25.3 Å². The highest BCUT2D eigenvalue weighted by atomic mass is 35.5. The summed E-state index contributed by atoms with van der Waals surface area (Å²) in [4.78, 5) is 8.97. The van der Waals surface area contributed by atoms with Crippen molar-refractivity contribution in [2.45, 2.75) is 6.92 Å². The third-order valence-corrected chi connectivity index (χ3v) is 3.84. The summed E-state index contributed by atoms with van der Waals surface area (Å²) >= 11 is 12.2. The maximum atomic E-state index is 7.08. The average molecular weight is 379 g/mol. The fourth-order valence-corrected chi connectivity index (χ4v) is 2.65. The highest BCUT2D eigenvalue weighted by molar-refractivity contribution is 6.36. The Hall–Kier alpha value is -2.31. The molecule has 0 radical (unpaired) electrons. The third kappa shape index (κ3) is 5.62. The second-order valence-corrected chi connectivity index (χ2v) is 6.04. The van der Waals surface area contributed by atoms with Crippen LogP contribution in [0, 0.1) is 12.3 Å². The van der Waals surface area contributed by atoms with Gasteiger partial charge in [0.15, 0.2) is 5.82 Å². The molecule has 0 aliphatic rings. The number of aryl methyl sites for hydroxylation is 1. The molecule has 0 amide bonds. The number of nitrogens with one attached hydrogen (secondary N) is 4. The molecule has 0 aliphatic heterocycles. The van der Waals surface area contributed by atoms with Crippen molar-refractivity contribution in [2.75, 3.05) is 25.5 Å². The van der Waals surface area contributed by atoms with Gasteiger partial charge in [-0.3, -0.25) is 0 Å². The molecule has 0 aliphatic carbocycles. The lowest BCUT2D eigenvalue weighted by atomic mass is 10.2. The van der Waals surface area contributed by atoms with E-state index in [0.717, 1.165) is 22.9 Å². The van der Waals surface area contributed by atoms with Crippen LogP contribution in [-0.2, 0) is 0 Å². The average Bonchev–Trinajstić information content (AvgIpc) is 2.57. The van der Waals surface area contributed by atoms with E-state index in [-0.39, 0.29) is 0 Å². The van der Waals surface area contributed by atoms with E-state index in [2.05, 4.69) is 25.9 Å². The van der Waals surface area contributed by atoms with Gasteiger partial charge in [0.25, 0.3) is 0 Å². The molecule has 6 nitrogen and oxygen atoms in total. The molecular formula is C17H20Cl2N6. The zero-order valence-electron chi connectivity index (χ0n) is 14.0. The molecule has 2 rings (SSSR count). The van der Waals surface area contributed by atoms with Crippen LogP contribution >= 0.6 is 23.2 Å². The zero-order valence-corrected chi connectivity index (χ0v) is 15.5. The zero-order chi connectivity index (χ0) is 18.2. The van der Waals surface area contributed by atoms with Gasteiger partial charge in [0.2, 0.25) is 0 Å². The van der Waals surface area contributed by atoms with Crippen molar-refractivity contribution < 1.29 is 0 Å². The van der Waals surface area contributed by atoms with Crippen molar-refractivity contribution >= 4 is 35.2 Å². The van der Waals surface area contributed by atoms with Gasteiger partial charge in [-0.2, -0.15) is 0 Å². The Morgan fingerprint density at radius 3 is 2.68 bits per heavy atom. The van der Waals surface area contributed by atoms with Gasteiger partial charge >= 0.3 is 0 Å². The third-order valence-electron chi connectivity index (χ3n) is 3.29. The fraction of sp³-hybridized carbons (Fsp3) is 0.235. The van der Waals surface area contributed by atoms with Crippen LogP contribution in [0.4, 0.5) is 5.82 Å². The van der Waals surface area contributed by atoms with E-state index >= 15 is 0 Å². The van der Waals surface area contributed by atoms with Crippen LogP contribution in [0.5, 0.6) is 0 Å². The van der Waals surface area contributed by atoms with Crippen LogP contribution in [0.25, 0.3) is 11.4 Å². The number of halogens is 2. The maximum absolute atomic E-state index is 7.08. The van der Waals surface area contributed by atoms with Gasteiger partial charge in [0.05, 0.1) is 10.8 Å². The molecule has 2 aromatic rings. The lowest BCUT2D eigenvalue weighted by Crippen LogP contribution is -2.28. The van der Waals surface area contributed by atoms with Crippen LogP contribution in [0.2, 0.25) is 10.0 Å². The van der Waals surface area contributed by atoms with E-state index in [4.69, 9.17) is 28.6 Å². The normalized spacial score (nSPS) is 11.1. The summed E-state index contributed by atoms with van der Waals surface area (Å²) < 4.78 is 0. The molecule has 1 heterocycles. The first-order valence-electron chi connectivity index (χ1n) is 7.71. The predicted octanol–water partition coefficient (Wildman–Crippen LogP) is 3.47. The van der Waals surface area contributed by atoms with Crippen LogP contribution in [0.1, 0.15) is 5.69 Å². The topological polar surface area (TPSA) is 85.7 Å². The van der Waals surface area contributed by atoms with Gasteiger partial charge in [0.1, 0.15) is 5.82 Å². The van der Waals surface area contributed by atoms with Crippen molar-refractivity contribution in [2.24, 2.45) is 0 Å². The van der Waals surface area contributed by atoms with Gasteiger partial charge in [0, 0.05) is 48.7 Å². The lowest BCUT2D eigenvalue weighted by molar-refractivity contribution is 0.747. The second-order valence-electron chi connectivity index (χ2n) is 5.19. The Kier molecular flexibility index (Phi) is 7.03. The van der Waals surface area contributed by atoms with Crippen LogP contribution in [0.15, 0.2) is 36.2 Å². The summed E-state index contributed by atoms with van der Waals surface area (Å²) in [7, 11) is 1.80. The number of allylic oxidation sites excluding steroid dienone is 1. The van der Waals surface area contributed by atoms with Crippen molar-refractivity contribution in [1.82, 2.24) is 20.6 Å². The Morgan fingerprint density at radius 1 is 1.20 bits per heavy atom. The van der Waals surface area contributed by atoms with E-state index in [0.29, 0.717) is 29.0 Å². The van der Waals surface area contributed by atoms with E-state index < -0.39 is 0 Å². The van der Waals surface area contributed by atoms with E-state index in [9.17, 15) is 0 Å². The first-order chi connectivity index (χ1) is 12.0. The van der Waals surface area contributed by atoms with E-state index in [1.165, 1.54) is 6.21 Å². The van der Waals surface area contributed by atoms with Gasteiger partial charge in [-0.05, 0) is 31.2 Å². The van der Waals surface area contributed by atoms with Gasteiger partial charge in [-0.15, -0.1) is 0 Å². The van der Waals surface area contributed by atoms with E-state index in [1.807, 2.05) is 19.1 Å². The summed E-state index contributed by atoms with van der Waals surface area (Å²) in [6.07, 6.45) is 2.87. The van der Waals surface area contributed by atoms with Gasteiger partial charge in [-0.1, -0.05) is 23.2 Å². The van der Waals surface area contributed by atoms with Crippen molar-refractivity contribution in [3.63, 3.8) is 0 Å². The molecule has 0 bridgehead atoms. The van der Waals surface area contributed by atoms with Gasteiger partial charge in [-0.25, -0.2) is 9.97 Å². The quantitative estimate of drug-likeness (QED) is 0.417. The Bertz CT molecular complexity index is 776. The monoisotopic (exact) mass is 378 g/mol. The second kappa shape index (κ2) is 9.25. The largest absolute Gasteiger partial charge is 0.375 e. The number of aromatic nitrogens is 2. The van der Waals surface area contributed by atoms with Crippen molar-refractivity contribution in [3.8, 4) is 11.4 Å². The summed E-state index contributed by atoms with van der Waals surface area (Å²) in [5.74, 6) is 2.05. The molecular weight excluding hydrogens is 359 g/mol. The first-order valence-corrected chi connectivity index (χ1v) is 8.46. The summed E-state index contributed by atoms with van der Waals surface area (Å²) in [6.45, 7) is 3.23. The number of hydrogen-bond acceptors (Lipinski definition) is 6. The minimum absolute atomic E-state index is 0.515. The number of anilines is 1. The molecule has 0 saturated heterocycles. The summed E-state index contributed by atoms with van der Waals surface area (Å²) in [5, 5.41) is 17.6. The Labute approximate surface area is 157 Å². The highest BCUT2D eigenvalue weighted by Gasteiger charge is 2.09. The van der Waals surface area contributed by atoms with Crippen LogP contribution in [-0.4, -0.2) is 36.3 Å². The predicted molar refractivity (Wildman–Crippen MR) is 105 cm³/mol. The minimum Gasteiger partial charge on any atom is -0.375 e. The SMILES string of the molecule is CN/C(=C\C=N)NCCNc1cc(C)nc(-c2ccc(Cl)cc2Cl)n1. The molecule has 0 unspecified atom stereocenters. The molecule has 8 heteroatoms. The standard InChI is InChI=1S/C17H20Cl2N6/c1-11-9-16(23-8-7-22-15(21-2)5-6-20)25-17(24-11)13-4-3-12(18)10-14(13)19/h3-6,9-10,20-22H,7-8H2,1-2H3,(H,23,24,25)/b15-5+,20-6?. The Balaban J connectivity index is 2.06. The molecule has 0 saturated carbocycles. The number of hydrogen-bond donors (Lipinski definition) is 4. The van der Waals surface area contributed by atoms with Gasteiger partial charge < -0.3 is 21.4 Å². The van der Waals surface area contributed by atoms with Crippen molar-refractivity contribution in [3.05, 3.63) is 51.9 Å². The van der Waals surface area contributed by atoms with Crippen LogP contribution in [0.3, 0.4) is 0 Å². The molecule has 25 heavy (non-hydrogen) atoms. The molecule has 4 N–H and O–H groups in total. The molecule has 1 aromatic heterocycles. The Morgan fingerprint density at radius 2 is 2.00 bits per heavy atom. The molecule has 0 spiro atoms.